The topological polar surface area (TPSA) is 147 Å². The van der Waals surface area contributed by atoms with Gasteiger partial charge in [-0.25, -0.2) is 4.79 Å². The zero-order valence-electron chi connectivity index (χ0n) is 44.9. The van der Waals surface area contributed by atoms with Gasteiger partial charge in [0.2, 0.25) is 5.91 Å². The Labute approximate surface area is 421 Å². The van der Waals surface area contributed by atoms with Crippen molar-refractivity contribution in [3.63, 3.8) is 0 Å². The molecule has 3 aliphatic rings. The predicted molar refractivity (Wildman–Crippen MR) is 278 cm³/mol. The van der Waals surface area contributed by atoms with Gasteiger partial charge in [-0.2, -0.15) is 12.6 Å². The lowest BCUT2D eigenvalue weighted by Crippen LogP contribution is -2.57. The van der Waals surface area contributed by atoms with Crippen molar-refractivity contribution in [2.45, 2.75) is 254 Å². The molecule has 3 saturated heterocycles. The fraction of sp³-hybridized carbons (Fsp3) is 0.926. The van der Waals surface area contributed by atoms with E-state index in [1.165, 1.54) is 128 Å². The Balaban J connectivity index is 0.000000963. The molecule has 3 heterocycles. The van der Waals surface area contributed by atoms with Crippen LogP contribution in [0.5, 0.6) is 0 Å². The molecule has 0 saturated carbocycles. The molecule has 0 aromatic rings. The van der Waals surface area contributed by atoms with Gasteiger partial charge in [0.05, 0.1) is 12.2 Å². The van der Waals surface area contributed by atoms with Crippen molar-refractivity contribution in [3.05, 3.63) is 0 Å². The molecule has 3 fully saturated rings. The van der Waals surface area contributed by atoms with Crippen LogP contribution in [0, 0.1) is 41.4 Å². The maximum Gasteiger partial charge on any atom is 0.341 e. The number of carbonyl (C=O) groups excluding carboxylic acids is 3. The summed E-state index contributed by atoms with van der Waals surface area (Å²) in [5, 5.41) is 8.87. The average molecular weight is 1000 g/mol. The van der Waals surface area contributed by atoms with Crippen LogP contribution in [0.2, 0.25) is 12.1 Å². The summed E-state index contributed by atoms with van der Waals surface area (Å²) in [6, 6.07) is 1.18. The van der Waals surface area contributed by atoms with Crippen molar-refractivity contribution in [2.75, 3.05) is 25.5 Å². The molecular weight excluding hydrogens is 899 g/mol. The number of esters is 2. The number of likely N-dealkylation sites (tertiary alicyclic amines) is 1. The van der Waals surface area contributed by atoms with E-state index >= 15 is 0 Å². The van der Waals surface area contributed by atoms with Gasteiger partial charge in [0.25, 0.3) is 0 Å². The van der Waals surface area contributed by atoms with E-state index in [0.29, 0.717) is 30.6 Å². The number of hydrogen-bond acceptors (Lipinski definition) is 11. The van der Waals surface area contributed by atoms with Gasteiger partial charge in [0.15, 0.2) is 12.6 Å². The molecule has 1 amide bonds. The SMILES string of the molecule is CCCCCCCCCCCC[Si](CCCCCCCCCCC)(OC1OC(COC(C)=O)C(C)C(C)C1C)OC1OC(COC(C)=O)C(C)C(C)C1C.C[C@H](CS)C(=O)N1CCC[C@H]1C(=O)O. The number of ether oxygens (including phenoxy) is 4. The minimum absolute atomic E-state index is 0.0927. The first kappa shape index (κ1) is 62.4. The van der Waals surface area contributed by atoms with E-state index in [4.69, 9.17) is 32.9 Å². The molecule has 3 rings (SSSR count). The fourth-order valence-corrected chi connectivity index (χ4v) is 14.0. The summed E-state index contributed by atoms with van der Waals surface area (Å²) >= 11 is 4.03. The van der Waals surface area contributed by atoms with Crippen LogP contribution in [0.1, 0.15) is 211 Å². The Morgan fingerprint density at radius 1 is 0.603 bits per heavy atom. The molecule has 398 valence electrons. The number of aliphatic carboxylic acids is 1. The number of amides is 1. The summed E-state index contributed by atoms with van der Waals surface area (Å²) in [5.41, 5.74) is 0. The van der Waals surface area contributed by atoms with Crippen LogP contribution in [-0.2, 0) is 47.0 Å². The molecule has 3 aliphatic heterocycles. The van der Waals surface area contributed by atoms with Crippen LogP contribution in [0.25, 0.3) is 0 Å². The number of carboxylic acids is 1. The van der Waals surface area contributed by atoms with Crippen molar-refractivity contribution in [3.8, 4) is 0 Å². The maximum absolute atomic E-state index is 11.8. The lowest BCUT2D eigenvalue weighted by Gasteiger charge is -2.49. The highest BCUT2D eigenvalue weighted by Gasteiger charge is 2.50. The summed E-state index contributed by atoms with van der Waals surface area (Å²) in [4.78, 5) is 47.6. The molecule has 68 heavy (non-hydrogen) atoms. The van der Waals surface area contributed by atoms with Crippen LogP contribution >= 0.6 is 12.6 Å². The van der Waals surface area contributed by atoms with Gasteiger partial charge in [-0.3, -0.25) is 14.4 Å². The Morgan fingerprint density at radius 2 is 0.971 bits per heavy atom. The largest absolute Gasteiger partial charge is 0.480 e. The quantitative estimate of drug-likeness (QED) is 0.0287. The molecule has 1 N–H and O–H groups in total. The zero-order valence-corrected chi connectivity index (χ0v) is 46.8. The van der Waals surface area contributed by atoms with Crippen molar-refractivity contribution < 1.29 is 52.1 Å². The highest BCUT2D eigenvalue weighted by Crippen LogP contribution is 2.42. The zero-order chi connectivity index (χ0) is 50.6. The van der Waals surface area contributed by atoms with E-state index in [0.717, 1.165) is 31.4 Å². The summed E-state index contributed by atoms with van der Waals surface area (Å²) < 4.78 is 39.4. The van der Waals surface area contributed by atoms with E-state index in [1.807, 2.05) is 0 Å². The highest BCUT2D eigenvalue weighted by atomic mass is 32.1. The normalized spacial score (nSPS) is 28.5. The molecule has 0 bridgehead atoms. The lowest BCUT2D eigenvalue weighted by molar-refractivity contribution is -0.254. The molecule has 12 nitrogen and oxygen atoms in total. The second kappa shape index (κ2) is 34.6. The molecule has 0 aliphatic carbocycles. The standard InChI is InChI=1S/C45H86O8Si.C9H15NO3S/c1-11-13-15-17-19-21-23-25-27-29-31-54(30-28-26-24-22-20-18-16-14-12-2,52-44-38(7)34(3)36(5)42(50-44)32-48-40(9)46)53-45-39(8)35(4)37(6)43(51-45)33-49-41(10)47;1-6(5-14)8(11)10-4-2-3-7(10)9(12)13/h34-39,42-45H,11-33H2,1-10H3;6-7,14H,2-5H2,1H3,(H,12,13)/t;6-,7+/m.1/s1. The van der Waals surface area contributed by atoms with Crippen LogP contribution in [-0.4, -0.2) is 98.7 Å². The number of thiol groups is 1. The average Bonchev–Trinajstić information content (AvgIpc) is 3.82. The van der Waals surface area contributed by atoms with Crippen molar-refractivity contribution in [1.29, 1.82) is 0 Å². The summed E-state index contributed by atoms with van der Waals surface area (Å²) in [6.07, 6.45) is 24.1. The molecule has 0 aromatic heterocycles. The van der Waals surface area contributed by atoms with Crippen LogP contribution in [0.4, 0.5) is 0 Å². The third-order valence-corrected chi connectivity index (χ3v) is 19.7. The number of carbonyl (C=O) groups is 4. The predicted octanol–water partition coefficient (Wildman–Crippen LogP) is 12.9. The number of nitrogens with zero attached hydrogens (tertiary/aromatic N) is 1. The molecular formula is C54H101NO11SSi. The molecule has 0 spiro atoms. The number of rotatable bonds is 32. The van der Waals surface area contributed by atoms with Crippen LogP contribution < -0.4 is 0 Å². The Hall–Kier alpha value is -1.71. The molecule has 14 heteroatoms. The third kappa shape index (κ3) is 22.4. The van der Waals surface area contributed by atoms with Gasteiger partial charge in [-0.1, -0.05) is 184 Å². The Bertz CT molecular complexity index is 1360. The Kier molecular flexibility index (Phi) is 31.8. The molecule has 12 atom stereocenters. The first-order valence-corrected chi connectivity index (χ1v) is 30.4. The van der Waals surface area contributed by atoms with Crippen molar-refractivity contribution in [2.24, 2.45) is 41.4 Å². The van der Waals surface area contributed by atoms with Gasteiger partial charge in [0.1, 0.15) is 19.3 Å². The summed E-state index contributed by atoms with van der Waals surface area (Å²) in [6.45, 7) is 23.7. The van der Waals surface area contributed by atoms with E-state index < -0.39 is 33.2 Å². The van der Waals surface area contributed by atoms with E-state index in [1.54, 1.807) is 6.92 Å². The van der Waals surface area contributed by atoms with E-state index in [2.05, 4.69) is 68.0 Å². The minimum atomic E-state index is -2.95. The second-order valence-electron chi connectivity index (χ2n) is 21.1. The number of carboxylic acid groups (broad SMARTS) is 1. The third-order valence-electron chi connectivity index (χ3n) is 15.6. The van der Waals surface area contributed by atoms with Crippen LogP contribution in [0.3, 0.4) is 0 Å². The highest BCUT2D eigenvalue weighted by molar-refractivity contribution is 7.80. The summed E-state index contributed by atoms with van der Waals surface area (Å²) in [5.74, 6) is 0.0848. The van der Waals surface area contributed by atoms with Gasteiger partial charge in [-0.05, 0) is 48.6 Å². The van der Waals surface area contributed by atoms with E-state index in [-0.39, 0.29) is 72.9 Å². The van der Waals surface area contributed by atoms with Gasteiger partial charge in [0, 0.05) is 43.9 Å². The smallest absolute Gasteiger partial charge is 0.341 e. The number of hydrogen-bond donors (Lipinski definition) is 2. The second-order valence-corrected chi connectivity index (χ2v) is 24.8. The first-order valence-electron chi connectivity index (χ1n) is 27.5. The van der Waals surface area contributed by atoms with Crippen LogP contribution in [0.15, 0.2) is 0 Å². The number of unbranched alkanes of at least 4 members (excludes halogenated alkanes) is 17. The van der Waals surface area contributed by atoms with Gasteiger partial charge >= 0.3 is 26.5 Å². The van der Waals surface area contributed by atoms with Gasteiger partial charge in [-0.15, -0.1) is 0 Å². The molecule has 0 radical (unpaired) electrons. The fourth-order valence-electron chi connectivity index (χ4n) is 10.1. The van der Waals surface area contributed by atoms with Crippen molar-refractivity contribution in [1.82, 2.24) is 4.90 Å². The van der Waals surface area contributed by atoms with Crippen molar-refractivity contribution >= 4 is 45.0 Å². The molecule has 10 unspecified atom stereocenters. The van der Waals surface area contributed by atoms with E-state index in [9.17, 15) is 19.2 Å². The Morgan fingerprint density at radius 3 is 1.31 bits per heavy atom. The monoisotopic (exact) mass is 1000 g/mol. The summed E-state index contributed by atoms with van der Waals surface area (Å²) in [7, 11) is -2.95. The minimum Gasteiger partial charge on any atom is -0.480 e. The molecule has 0 aromatic carbocycles. The first-order chi connectivity index (χ1) is 32.4. The maximum atomic E-state index is 11.8. The van der Waals surface area contributed by atoms with Gasteiger partial charge < -0.3 is 37.8 Å². The lowest BCUT2D eigenvalue weighted by atomic mass is 9.79.